The van der Waals surface area contributed by atoms with Crippen LogP contribution >= 0.6 is 0 Å². The first-order valence-electron chi connectivity index (χ1n) is 9.09. The summed E-state index contributed by atoms with van der Waals surface area (Å²) in [5, 5.41) is 6.46. The Morgan fingerprint density at radius 1 is 1.04 bits per heavy atom. The summed E-state index contributed by atoms with van der Waals surface area (Å²) in [5.41, 5.74) is 2.10. The van der Waals surface area contributed by atoms with Crippen molar-refractivity contribution in [2.45, 2.75) is 6.54 Å². The number of hydrogen-bond donors (Lipinski definition) is 3. The van der Waals surface area contributed by atoms with Gasteiger partial charge in [0, 0.05) is 7.05 Å². The van der Waals surface area contributed by atoms with E-state index in [-0.39, 0.29) is 0 Å². The Hall–Kier alpha value is -3.48. The Kier molecular flexibility index (Phi) is 6.89. The maximum atomic E-state index is 5.70. The molecule has 7 heteroatoms. The molecule has 2 aromatic carbocycles. The van der Waals surface area contributed by atoms with Gasteiger partial charge in [0.05, 0.1) is 32.1 Å². The summed E-state index contributed by atoms with van der Waals surface area (Å²) in [5.74, 6) is 3.14. The zero-order valence-electron chi connectivity index (χ0n) is 16.1. The van der Waals surface area contributed by atoms with E-state index in [1.165, 1.54) is 0 Å². The number of guanidine groups is 1. The number of aromatic nitrogens is 2. The summed E-state index contributed by atoms with van der Waals surface area (Å²) in [6, 6.07) is 17.6. The molecule has 0 aliphatic heterocycles. The van der Waals surface area contributed by atoms with Crippen LogP contribution in [-0.4, -0.2) is 43.2 Å². The Bertz CT molecular complexity index is 875. The van der Waals surface area contributed by atoms with Gasteiger partial charge < -0.3 is 25.1 Å². The number of imidazole rings is 1. The van der Waals surface area contributed by atoms with Gasteiger partial charge in [-0.2, -0.15) is 0 Å². The van der Waals surface area contributed by atoms with Crippen LogP contribution < -0.4 is 20.1 Å². The molecule has 0 bridgehead atoms. The monoisotopic (exact) mass is 379 g/mol. The molecule has 0 fully saturated rings. The number of ether oxygens (including phenoxy) is 2. The SMILES string of the molecule is CN=C(NCCOc1ccc(OC)cc1)NCc1ncc(-c2ccccc2)[nH]1. The van der Waals surface area contributed by atoms with Crippen molar-refractivity contribution in [1.82, 2.24) is 20.6 Å². The average molecular weight is 379 g/mol. The highest BCUT2D eigenvalue weighted by Crippen LogP contribution is 2.17. The average Bonchev–Trinajstić information content (AvgIpc) is 3.23. The third-order valence-corrected chi connectivity index (χ3v) is 4.08. The molecule has 3 N–H and O–H groups in total. The maximum absolute atomic E-state index is 5.70. The van der Waals surface area contributed by atoms with Gasteiger partial charge in [-0.25, -0.2) is 4.98 Å². The van der Waals surface area contributed by atoms with E-state index in [0.717, 1.165) is 28.6 Å². The summed E-state index contributed by atoms with van der Waals surface area (Å²) in [7, 11) is 3.38. The fourth-order valence-electron chi connectivity index (χ4n) is 2.62. The number of benzene rings is 2. The van der Waals surface area contributed by atoms with E-state index in [2.05, 4.69) is 25.6 Å². The van der Waals surface area contributed by atoms with Crippen LogP contribution in [0.4, 0.5) is 0 Å². The standard InChI is InChI=1S/C21H25N5O2/c1-22-21(23-12-13-28-18-10-8-17(27-2)9-11-18)25-15-20-24-14-19(26-20)16-6-4-3-5-7-16/h3-11,14H,12-13,15H2,1-2H3,(H,24,26)(H2,22,23,25). The smallest absolute Gasteiger partial charge is 0.191 e. The molecule has 1 heterocycles. The molecule has 146 valence electrons. The summed E-state index contributed by atoms with van der Waals surface area (Å²) in [6.45, 7) is 1.69. The quantitative estimate of drug-likeness (QED) is 0.318. The van der Waals surface area contributed by atoms with Crippen LogP contribution in [0.2, 0.25) is 0 Å². The summed E-state index contributed by atoms with van der Waals surface area (Å²) in [6.07, 6.45) is 1.84. The fraction of sp³-hybridized carbons (Fsp3) is 0.238. The van der Waals surface area contributed by atoms with Gasteiger partial charge in [-0.1, -0.05) is 30.3 Å². The highest BCUT2D eigenvalue weighted by Gasteiger charge is 2.04. The van der Waals surface area contributed by atoms with Crippen molar-refractivity contribution >= 4 is 5.96 Å². The molecule has 0 amide bonds. The molecule has 0 saturated carbocycles. The van der Waals surface area contributed by atoms with E-state index in [4.69, 9.17) is 9.47 Å². The van der Waals surface area contributed by atoms with Gasteiger partial charge in [-0.3, -0.25) is 4.99 Å². The fourth-order valence-corrected chi connectivity index (χ4v) is 2.62. The van der Waals surface area contributed by atoms with E-state index in [1.54, 1.807) is 14.2 Å². The predicted octanol–water partition coefficient (Wildman–Crippen LogP) is 2.83. The van der Waals surface area contributed by atoms with Crippen LogP contribution in [0.1, 0.15) is 5.82 Å². The topological polar surface area (TPSA) is 83.6 Å². The van der Waals surface area contributed by atoms with Crippen molar-refractivity contribution < 1.29 is 9.47 Å². The molecule has 0 atom stereocenters. The van der Waals surface area contributed by atoms with Crippen molar-refractivity contribution in [1.29, 1.82) is 0 Å². The molecule has 1 aromatic heterocycles. The number of H-pyrrole nitrogens is 1. The Labute approximate surface area is 164 Å². The lowest BCUT2D eigenvalue weighted by molar-refractivity contribution is 0.321. The third-order valence-electron chi connectivity index (χ3n) is 4.08. The van der Waals surface area contributed by atoms with Crippen LogP contribution in [0.3, 0.4) is 0 Å². The molecule has 7 nitrogen and oxygen atoms in total. The third kappa shape index (κ3) is 5.51. The van der Waals surface area contributed by atoms with Gasteiger partial charge in [0.2, 0.25) is 0 Å². The highest BCUT2D eigenvalue weighted by molar-refractivity contribution is 5.79. The molecule has 0 spiro atoms. The molecule has 0 aliphatic rings. The van der Waals surface area contributed by atoms with E-state index in [1.807, 2.05) is 60.8 Å². The molecule has 28 heavy (non-hydrogen) atoms. The zero-order chi connectivity index (χ0) is 19.6. The minimum Gasteiger partial charge on any atom is -0.497 e. The van der Waals surface area contributed by atoms with Crippen molar-refractivity contribution in [3.05, 3.63) is 66.6 Å². The van der Waals surface area contributed by atoms with Gasteiger partial charge in [0.25, 0.3) is 0 Å². The Balaban J connectivity index is 1.40. The molecule has 0 saturated heterocycles. The lowest BCUT2D eigenvalue weighted by Gasteiger charge is -2.12. The van der Waals surface area contributed by atoms with Crippen molar-refractivity contribution in [2.24, 2.45) is 4.99 Å². The Morgan fingerprint density at radius 2 is 1.79 bits per heavy atom. The van der Waals surface area contributed by atoms with Crippen LogP contribution in [0.5, 0.6) is 11.5 Å². The second kappa shape index (κ2) is 10.0. The molecule has 0 aliphatic carbocycles. The first-order valence-corrected chi connectivity index (χ1v) is 9.09. The second-order valence-corrected chi connectivity index (χ2v) is 5.99. The molecular weight excluding hydrogens is 354 g/mol. The molecule has 0 unspecified atom stereocenters. The normalized spacial score (nSPS) is 11.1. The van der Waals surface area contributed by atoms with Crippen LogP contribution in [0, 0.1) is 0 Å². The number of methoxy groups -OCH3 is 1. The molecular formula is C21H25N5O2. The van der Waals surface area contributed by atoms with Gasteiger partial charge in [0.1, 0.15) is 23.9 Å². The Morgan fingerprint density at radius 3 is 2.50 bits per heavy atom. The van der Waals surface area contributed by atoms with E-state index in [9.17, 15) is 0 Å². The van der Waals surface area contributed by atoms with E-state index < -0.39 is 0 Å². The summed E-state index contributed by atoms with van der Waals surface area (Å²) >= 11 is 0. The summed E-state index contributed by atoms with van der Waals surface area (Å²) in [4.78, 5) is 11.9. The van der Waals surface area contributed by atoms with Crippen LogP contribution in [-0.2, 0) is 6.54 Å². The van der Waals surface area contributed by atoms with Crippen molar-refractivity contribution in [3.63, 3.8) is 0 Å². The number of rotatable bonds is 8. The van der Waals surface area contributed by atoms with Crippen molar-refractivity contribution in [2.75, 3.05) is 27.3 Å². The van der Waals surface area contributed by atoms with Crippen molar-refractivity contribution in [3.8, 4) is 22.8 Å². The first kappa shape index (κ1) is 19.3. The molecule has 3 rings (SSSR count). The maximum Gasteiger partial charge on any atom is 0.191 e. The minimum absolute atomic E-state index is 0.520. The summed E-state index contributed by atoms with van der Waals surface area (Å²) < 4.78 is 10.8. The van der Waals surface area contributed by atoms with E-state index >= 15 is 0 Å². The zero-order valence-corrected chi connectivity index (χ0v) is 16.1. The van der Waals surface area contributed by atoms with E-state index in [0.29, 0.717) is 25.7 Å². The van der Waals surface area contributed by atoms with Gasteiger partial charge in [-0.15, -0.1) is 0 Å². The molecule has 0 radical (unpaired) electrons. The lowest BCUT2D eigenvalue weighted by Crippen LogP contribution is -2.39. The van der Waals surface area contributed by atoms with Gasteiger partial charge in [-0.05, 0) is 29.8 Å². The minimum atomic E-state index is 0.520. The van der Waals surface area contributed by atoms with Gasteiger partial charge >= 0.3 is 0 Å². The number of nitrogens with zero attached hydrogens (tertiary/aromatic N) is 2. The number of nitrogens with one attached hydrogen (secondary N) is 3. The number of aromatic amines is 1. The van der Waals surface area contributed by atoms with Crippen LogP contribution in [0.15, 0.2) is 65.8 Å². The first-order chi connectivity index (χ1) is 13.8. The van der Waals surface area contributed by atoms with Crippen LogP contribution in [0.25, 0.3) is 11.3 Å². The lowest BCUT2D eigenvalue weighted by atomic mass is 10.2. The number of hydrogen-bond acceptors (Lipinski definition) is 4. The second-order valence-electron chi connectivity index (χ2n) is 5.99. The van der Waals surface area contributed by atoms with Gasteiger partial charge in [0.15, 0.2) is 5.96 Å². The molecule has 3 aromatic rings. The largest absolute Gasteiger partial charge is 0.497 e. The number of aliphatic imine (C=N–C) groups is 1. The predicted molar refractivity (Wildman–Crippen MR) is 111 cm³/mol. The highest BCUT2D eigenvalue weighted by atomic mass is 16.5.